The minimum Gasteiger partial charge on any atom is -0.457 e. The second-order valence-corrected chi connectivity index (χ2v) is 9.41. The van der Waals surface area contributed by atoms with Crippen molar-refractivity contribution in [1.82, 2.24) is 24.3 Å². The number of rotatable bonds is 6. The van der Waals surface area contributed by atoms with Crippen LogP contribution in [-0.4, -0.2) is 63.5 Å². The lowest BCUT2D eigenvalue weighted by atomic mass is 10.2. The summed E-state index contributed by atoms with van der Waals surface area (Å²) in [6, 6.07) is 10.7. The van der Waals surface area contributed by atoms with Crippen LogP contribution < -0.4 is 10.1 Å². The number of ether oxygens (including phenoxy) is 1. The van der Waals surface area contributed by atoms with E-state index in [1.165, 1.54) is 0 Å². The standard InChI is InChI=1S/C27H26F4N6O2/c1-35-9-11-37(12-10-35)25(38)15-18-14-20(7-8-32-18)39-19-4-6-24-23(16-19)34-26(36(24)2)33-22-13-17(27(29,30)31)3-5-21(22)28/h3-8,13-14,16H,9-12,15H2,1-2H3,(H,33,34). The maximum absolute atomic E-state index is 14.3. The summed E-state index contributed by atoms with van der Waals surface area (Å²) in [5.41, 5.74) is 0.428. The number of aromatic nitrogens is 3. The summed E-state index contributed by atoms with van der Waals surface area (Å²) < 4.78 is 61.1. The zero-order valence-corrected chi connectivity index (χ0v) is 21.3. The molecule has 2 aromatic carbocycles. The molecule has 0 bridgehead atoms. The van der Waals surface area contributed by atoms with Crippen molar-refractivity contribution in [3.05, 3.63) is 71.8 Å². The number of fused-ring (bicyclic) bond motifs is 1. The number of alkyl halides is 3. The first-order chi connectivity index (χ1) is 18.6. The molecule has 204 valence electrons. The van der Waals surface area contributed by atoms with Crippen molar-refractivity contribution in [2.45, 2.75) is 12.6 Å². The lowest BCUT2D eigenvalue weighted by molar-refractivity contribution is -0.137. The number of benzene rings is 2. The number of nitrogens with zero attached hydrogens (tertiary/aromatic N) is 5. The molecule has 0 atom stereocenters. The molecule has 2 aromatic heterocycles. The maximum atomic E-state index is 14.3. The van der Waals surface area contributed by atoms with Crippen molar-refractivity contribution < 1.29 is 27.1 Å². The molecule has 1 aliphatic heterocycles. The van der Waals surface area contributed by atoms with Gasteiger partial charge in [-0.05, 0) is 43.4 Å². The second kappa shape index (κ2) is 10.5. The lowest BCUT2D eigenvalue weighted by Crippen LogP contribution is -2.47. The first-order valence-electron chi connectivity index (χ1n) is 12.3. The fourth-order valence-electron chi connectivity index (χ4n) is 4.35. The third kappa shape index (κ3) is 5.95. The van der Waals surface area contributed by atoms with Crippen LogP contribution in [0.1, 0.15) is 11.3 Å². The summed E-state index contributed by atoms with van der Waals surface area (Å²) in [6.45, 7) is 3.05. The van der Waals surface area contributed by atoms with Gasteiger partial charge in [-0.15, -0.1) is 0 Å². The van der Waals surface area contributed by atoms with Crippen LogP contribution >= 0.6 is 0 Å². The van der Waals surface area contributed by atoms with Gasteiger partial charge in [0.1, 0.15) is 17.3 Å². The van der Waals surface area contributed by atoms with E-state index >= 15 is 0 Å². The Morgan fingerprint density at radius 2 is 1.74 bits per heavy atom. The molecule has 1 amide bonds. The molecule has 5 rings (SSSR count). The van der Waals surface area contributed by atoms with E-state index < -0.39 is 17.6 Å². The minimum atomic E-state index is -4.60. The number of anilines is 2. The largest absolute Gasteiger partial charge is 0.457 e. The second-order valence-electron chi connectivity index (χ2n) is 9.41. The average Bonchev–Trinajstić information content (AvgIpc) is 3.19. The Hall–Kier alpha value is -4.19. The highest BCUT2D eigenvalue weighted by Crippen LogP contribution is 2.33. The SMILES string of the molecule is CN1CCN(C(=O)Cc2cc(Oc3ccc4c(c3)nc(Nc3cc(C(F)(F)F)ccc3F)n4C)ccn2)CC1. The molecule has 1 N–H and O–H groups in total. The molecule has 1 saturated heterocycles. The summed E-state index contributed by atoms with van der Waals surface area (Å²) >= 11 is 0. The van der Waals surface area contributed by atoms with Crippen LogP contribution in [0.15, 0.2) is 54.7 Å². The van der Waals surface area contributed by atoms with Gasteiger partial charge in [0.05, 0.1) is 34.4 Å². The Morgan fingerprint density at radius 1 is 1.00 bits per heavy atom. The number of likely N-dealkylation sites (N-methyl/N-ethyl adjacent to an activating group) is 1. The number of nitrogens with one attached hydrogen (secondary N) is 1. The molecular weight excluding hydrogens is 516 g/mol. The number of carbonyl (C=O) groups excluding carboxylic acids is 1. The molecule has 1 fully saturated rings. The number of carbonyl (C=O) groups is 1. The number of piperazine rings is 1. The van der Waals surface area contributed by atoms with Crippen molar-refractivity contribution in [2.75, 3.05) is 38.5 Å². The summed E-state index contributed by atoms with van der Waals surface area (Å²) in [5.74, 6) is 0.290. The highest BCUT2D eigenvalue weighted by atomic mass is 19.4. The Kier molecular flexibility index (Phi) is 7.13. The lowest BCUT2D eigenvalue weighted by Gasteiger charge is -2.32. The predicted octanol–water partition coefficient (Wildman–Crippen LogP) is 4.98. The highest BCUT2D eigenvalue weighted by Gasteiger charge is 2.31. The molecule has 0 radical (unpaired) electrons. The predicted molar refractivity (Wildman–Crippen MR) is 137 cm³/mol. The Morgan fingerprint density at radius 3 is 2.49 bits per heavy atom. The summed E-state index contributed by atoms with van der Waals surface area (Å²) in [5, 5.41) is 2.66. The molecule has 1 aliphatic rings. The molecule has 4 aromatic rings. The molecule has 39 heavy (non-hydrogen) atoms. The Labute approximate surface area is 221 Å². The zero-order chi connectivity index (χ0) is 27.7. The van der Waals surface area contributed by atoms with Crippen LogP contribution in [0.4, 0.5) is 29.2 Å². The van der Waals surface area contributed by atoms with E-state index in [1.54, 1.807) is 48.1 Å². The minimum absolute atomic E-state index is 0.0138. The zero-order valence-electron chi connectivity index (χ0n) is 21.3. The monoisotopic (exact) mass is 542 g/mol. The summed E-state index contributed by atoms with van der Waals surface area (Å²) in [7, 11) is 3.69. The Balaban J connectivity index is 1.31. The number of aryl methyl sites for hydroxylation is 1. The van der Waals surface area contributed by atoms with E-state index in [4.69, 9.17) is 4.74 Å². The third-order valence-corrected chi connectivity index (χ3v) is 6.60. The van der Waals surface area contributed by atoms with Crippen LogP contribution in [0.2, 0.25) is 0 Å². The van der Waals surface area contributed by atoms with Crippen molar-refractivity contribution in [2.24, 2.45) is 7.05 Å². The van der Waals surface area contributed by atoms with Crippen LogP contribution in [0.25, 0.3) is 11.0 Å². The van der Waals surface area contributed by atoms with Gasteiger partial charge >= 0.3 is 6.18 Å². The van der Waals surface area contributed by atoms with Crippen LogP contribution in [-0.2, 0) is 24.4 Å². The van der Waals surface area contributed by atoms with E-state index in [-0.39, 0.29) is 24.0 Å². The van der Waals surface area contributed by atoms with Gasteiger partial charge < -0.3 is 24.4 Å². The molecular formula is C27H26F4N6O2. The van der Waals surface area contributed by atoms with Gasteiger partial charge in [0, 0.05) is 51.6 Å². The molecule has 3 heterocycles. The van der Waals surface area contributed by atoms with Gasteiger partial charge in [0.25, 0.3) is 0 Å². The number of pyridine rings is 1. The van der Waals surface area contributed by atoms with Crippen molar-refractivity contribution in [3.8, 4) is 11.5 Å². The van der Waals surface area contributed by atoms with Crippen molar-refractivity contribution in [1.29, 1.82) is 0 Å². The summed E-state index contributed by atoms with van der Waals surface area (Å²) in [6.07, 6.45) is -2.86. The number of halogens is 4. The van der Waals surface area contributed by atoms with E-state index in [2.05, 4.69) is 20.2 Å². The summed E-state index contributed by atoms with van der Waals surface area (Å²) in [4.78, 5) is 25.4. The first-order valence-corrected chi connectivity index (χ1v) is 12.3. The Bertz CT molecular complexity index is 1510. The van der Waals surface area contributed by atoms with Crippen molar-refractivity contribution in [3.63, 3.8) is 0 Å². The van der Waals surface area contributed by atoms with E-state index in [0.29, 0.717) is 53.4 Å². The van der Waals surface area contributed by atoms with Gasteiger partial charge in [0.15, 0.2) is 0 Å². The average molecular weight is 543 g/mol. The molecule has 0 aliphatic carbocycles. The fourth-order valence-corrected chi connectivity index (χ4v) is 4.35. The van der Waals surface area contributed by atoms with Crippen molar-refractivity contribution >= 4 is 28.6 Å². The van der Waals surface area contributed by atoms with Gasteiger partial charge in [-0.1, -0.05) is 0 Å². The molecule has 8 nitrogen and oxygen atoms in total. The number of imidazole rings is 1. The van der Waals surface area contributed by atoms with Gasteiger partial charge in [0.2, 0.25) is 11.9 Å². The van der Waals surface area contributed by atoms with E-state index in [9.17, 15) is 22.4 Å². The maximum Gasteiger partial charge on any atom is 0.416 e. The first kappa shape index (κ1) is 26.4. The highest BCUT2D eigenvalue weighted by molar-refractivity contribution is 5.81. The quantitative estimate of drug-likeness (QED) is 0.347. The third-order valence-electron chi connectivity index (χ3n) is 6.60. The molecule has 12 heteroatoms. The van der Waals surface area contributed by atoms with E-state index in [0.717, 1.165) is 19.2 Å². The van der Waals surface area contributed by atoms with Crippen LogP contribution in [0.5, 0.6) is 11.5 Å². The van der Waals surface area contributed by atoms with Gasteiger partial charge in [-0.3, -0.25) is 9.78 Å². The normalized spacial score (nSPS) is 14.6. The van der Waals surface area contributed by atoms with Crippen LogP contribution in [0, 0.1) is 5.82 Å². The number of hydrogen-bond donors (Lipinski definition) is 1. The number of hydrogen-bond acceptors (Lipinski definition) is 6. The smallest absolute Gasteiger partial charge is 0.416 e. The number of amides is 1. The van der Waals surface area contributed by atoms with Gasteiger partial charge in [-0.2, -0.15) is 13.2 Å². The molecule has 0 unspecified atom stereocenters. The fraction of sp³-hybridized carbons (Fsp3) is 0.296. The molecule has 0 saturated carbocycles. The topological polar surface area (TPSA) is 75.5 Å². The van der Waals surface area contributed by atoms with Gasteiger partial charge in [-0.25, -0.2) is 9.37 Å². The van der Waals surface area contributed by atoms with E-state index in [1.807, 2.05) is 11.9 Å². The molecule has 0 spiro atoms. The van der Waals surface area contributed by atoms with Crippen LogP contribution in [0.3, 0.4) is 0 Å².